The molecule has 0 saturated carbocycles. The lowest BCUT2D eigenvalue weighted by Gasteiger charge is -2.34. The number of hydrogen-bond acceptors (Lipinski definition) is 7. The molecule has 170 valence electrons. The van der Waals surface area contributed by atoms with E-state index in [1.54, 1.807) is 30.3 Å². The molecule has 2 atom stereocenters. The van der Waals surface area contributed by atoms with Crippen molar-refractivity contribution in [3.63, 3.8) is 0 Å². The average Bonchev–Trinajstić information content (AvgIpc) is 3.18. The van der Waals surface area contributed by atoms with E-state index in [4.69, 9.17) is 10.5 Å². The summed E-state index contributed by atoms with van der Waals surface area (Å²) in [5.74, 6) is -0.825. The maximum atomic E-state index is 13.1. The van der Waals surface area contributed by atoms with Crippen molar-refractivity contribution in [1.29, 1.82) is 0 Å². The highest BCUT2D eigenvalue weighted by molar-refractivity contribution is 6.05. The van der Waals surface area contributed by atoms with Crippen molar-refractivity contribution in [1.82, 2.24) is 0 Å². The van der Waals surface area contributed by atoms with Gasteiger partial charge in [0.1, 0.15) is 5.84 Å². The van der Waals surface area contributed by atoms with Gasteiger partial charge in [0.25, 0.3) is 11.8 Å². The van der Waals surface area contributed by atoms with Crippen molar-refractivity contribution in [2.45, 2.75) is 31.6 Å². The lowest BCUT2D eigenvalue weighted by Crippen LogP contribution is -2.55. The van der Waals surface area contributed by atoms with E-state index in [2.05, 4.69) is 15.6 Å². The SMILES string of the molecule is NC1=NCc2cc(NC(=O)[C@H](O)[C@H]3OCCN(c4ccc5c(c4)CCC(=O)N5)C3=O)ccc21. The molecule has 3 aliphatic rings. The van der Waals surface area contributed by atoms with E-state index in [0.29, 0.717) is 43.1 Å². The van der Waals surface area contributed by atoms with Crippen LogP contribution in [0.2, 0.25) is 0 Å². The quantitative estimate of drug-likeness (QED) is 0.535. The molecule has 0 aliphatic carbocycles. The lowest BCUT2D eigenvalue weighted by molar-refractivity contribution is -0.150. The number of morpholine rings is 1. The molecule has 2 aromatic rings. The number of nitrogens with two attached hydrogens (primary N) is 1. The van der Waals surface area contributed by atoms with Gasteiger partial charge in [-0.15, -0.1) is 0 Å². The second-order valence-corrected chi connectivity index (χ2v) is 8.18. The first-order chi connectivity index (χ1) is 15.9. The van der Waals surface area contributed by atoms with Crippen LogP contribution in [-0.2, 0) is 32.1 Å². The molecular weight excluding hydrogens is 426 g/mol. The third-order valence-corrected chi connectivity index (χ3v) is 6.04. The summed E-state index contributed by atoms with van der Waals surface area (Å²) in [6.07, 6.45) is -2.05. The van der Waals surface area contributed by atoms with Crippen LogP contribution in [0, 0.1) is 0 Å². The zero-order valence-corrected chi connectivity index (χ0v) is 17.7. The zero-order chi connectivity index (χ0) is 23.1. The van der Waals surface area contributed by atoms with Crippen molar-refractivity contribution in [2.75, 3.05) is 28.7 Å². The van der Waals surface area contributed by atoms with Gasteiger partial charge in [0.05, 0.1) is 13.2 Å². The van der Waals surface area contributed by atoms with E-state index in [1.807, 2.05) is 6.07 Å². The molecule has 1 fully saturated rings. The van der Waals surface area contributed by atoms with E-state index in [0.717, 1.165) is 22.4 Å². The summed E-state index contributed by atoms with van der Waals surface area (Å²) in [6, 6.07) is 10.5. The zero-order valence-electron chi connectivity index (χ0n) is 17.7. The van der Waals surface area contributed by atoms with Crippen LogP contribution in [0.4, 0.5) is 17.1 Å². The van der Waals surface area contributed by atoms with E-state index < -0.39 is 24.0 Å². The van der Waals surface area contributed by atoms with Gasteiger partial charge in [-0.3, -0.25) is 19.4 Å². The Hall–Kier alpha value is -3.76. The molecule has 3 aliphatic heterocycles. The van der Waals surface area contributed by atoms with Crippen LogP contribution in [0.3, 0.4) is 0 Å². The van der Waals surface area contributed by atoms with Gasteiger partial charge in [0.2, 0.25) is 5.91 Å². The van der Waals surface area contributed by atoms with Gasteiger partial charge in [0, 0.05) is 35.6 Å². The fourth-order valence-electron chi connectivity index (χ4n) is 4.29. The van der Waals surface area contributed by atoms with Gasteiger partial charge in [-0.25, -0.2) is 0 Å². The molecule has 10 nitrogen and oxygen atoms in total. The Balaban J connectivity index is 1.29. The van der Waals surface area contributed by atoms with Crippen LogP contribution >= 0.6 is 0 Å². The number of amidine groups is 1. The molecule has 0 radical (unpaired) electrons. The molecule has 10 heteroatoms. The average molecular weight is 449 g/mol. The number of amides is 3. The summed E-state index contributed by atoms with van der Waals surface area (Å²) in [4.78, 5) is 43.0. The molecule has 5 rings (SSSR count). The van der Waals surface area contributed by atoms with E-state index >= 15 is 0 Å². The summed E-state index contributed by atoms with van der Waals surface area (Å²) >= 11 is 0. The molecule has 1 saturated heterocycles. The van der Waals surface area contributed by atoms with Gasteiger partial charge in [-0.2, -0.15) is 0 Å². The van der Waals surface area contributed by atoms with Crippen molar-refractivity contribution in [2.24, 2.45) is 10.7 Å². The Morgan fingerprint density at radius 3 is 2.91 bits per heavy atom. The highest BCUT2D eigenvalue weighted by atomic mass is 16.5. The predicted molar refractivity (Wildman–Crippen MR) is 121 cm³/mol. The molecule has 0 aromatic heterocycles. The summed E-state index contributed by atoms with van der Waals surface area (Å²) in [5.41, 5.74) is 10.3. The fraction of sp³-hybridized carbons (Fsp3) is 0.304. The summed E-state index contributed by atoms with van der Waals surface area (Å²) in [6.45, 7) is 0.891. The van der Waals surface area contributed by atoms with Gasteiger partial charge < -0.3 is 31.1 Å². The fourth-order valence-corrected chi connectivity index (χ4v) is 4.29. The number of aliphatic hydroxyl groups is 1. The number of nitrogens with zero attached hydrogens (tertiary/aromatic N) is 2. The summed E-state index contributed by atoms with van der Waals surface area (Å²) < 4.78 is 5.48. The Morgan fingerprint density at radius 2 is 2.06 bits per heavy atom. The van der Waals surface area contributed by atoms with Crippen molar-refractivity contribution in [3.8, 4) is 0 Å². The number of aliphatic imine (C=N–C) groups is 1. The topological polar surface area (TPSA) is 146 Å². The summed E-state index contributed by atoms with van der Waals surface area (Å²) in [7, 11) is 0. The van der Waals surface area contributed by atoms with Crippen LogP contribution < -0.4 is 21.3 Å². The van der Waals surface area contributed by atoms with Crippen molar-refractivity contribution >= 4 is 40.6 Å². The Bertz CT molecular complexity index is 1190. The molecule has 2 aromatic carbocycles. The third-order valence-electron chi connectivity index (χ3n) is 6.04. The van der Waals surface area contributed by atoms with Crippen LogP contribution in [0.1, 0.15) is 23.1 Å². The molecule has 3 amide bonds. The number of carbonyl (C=O) groups is 3. The van der Waals surface area contributed by atoms with Crippen LogP contribution in [-0.4, -0.2) is 54.0 Å². The van der Waals surface area contributed by atoms with E-state index in [9.17, 15) is 19.5 Å². The standard InChI is InChI=1S/C23H23N5O5/c24-21-16-4-2-14(9-13(16)11-25-21)26-22(31)19(30)20-23(32)28(7-8-33-20)15-3-5-17-12(10-15)1-6-18(29)27-17/h2-5,9-10,19-20,30H,1,6-8,11H2,(H2,24,25)(H,26,31)(H,27,29)/t19-,20-/m1/s1. The smallest absolute Gasteiger partial charge is 0.259 e. The number of carbonyl (C=O) groups excluding carboxylic acids is 3. The number of hydrogen-bond donors (Lipinski definition) is 4. The maximum Gasteiger partial charge on any atom is 0.259 e. The number of fused-ring (bicyclic) bond motifs is 2. The van der Waals surface area contributed by atoms with Crippen LogP contribution in [0.25, 0.3) is 0 Å². The highest BCUT2D eigenvalue weighted by Gasteiger charge is 2.39. The van der Waals surface area contributed by atoms with Gasteiger partial charge in [0.15, 0.2) is 12.2 Å². The molecular formula is C23H23N5O5. The number of anilines is 3. The van der Waals surface area contributed by atoms with Gasteiger partial charge in [-0.1, -0.05) is 0 Å². The van der Waals surface area contributed by atoms with Gasteiger partial charge in [-0.05, 0) is 53.9 Å². The van der Waals surface area contributed by atoms with Gasteiger partial charge >= 0.3 is 0 Å². The first-order valence-corrected chi connectivity index (χ1v) is 10.7. The number of nitrogens with one attached hydrogen (secondary N) is 2. The number of aliphatic hydroxyl groups excluding tert-OH is 1. The number of ether oxygens (including phenoxy) is 1. The molecule has 3 heterocycles. The predicted octanol–water partition coefficient (Wildman–Crippen LogP) is 0.522. The lowest BCUT2D eigenvalue weighted by atomic mass is 10.0. The van der Waals surface area contributed by atoms with Crippen LogP contribution in [0.15, 0.2) is 41.4 Å². The first-order valence-electron chi connectivity index (χ1n) is 10.7. The number of aryl methyl sites for hydroxylation is 1. The maximum absolute atomic E-state index is 13.1. The molecule has 0 unspecified atom stereocenters. The molecule has 33 heavy (non-hydrogen) atoms. The molecule has 5 N–H and O–H groups in total. The monoisotopic (exact) mass is 449 g/mol. The Labute approximate surface area is 189 Å². The Kier molecular flexibility index (Phi) is 5.31. The minimum Gasteiger partial charge on any atom is -0.383 e. The normalized spacial score (nSPS) is 20.5. The van der Waals surface area contributed by atoms with Crippen molar-refractivity contribution in [3.05, 3.63) is 53.1 Å². The Morgan fingerprint density at radius 1 is 1.21 bits per heavy atom. The third kappa shape index (κ3) is 3.94. The first kappa shape index (κ1) is 21.1. The molecule has 0 bridgehead atoms. The minimum absolute atomic E-state index is 0.0359. The second-order valence-electron chi connectivity index (χ2n) is 8.18. The largest absolute Gasteiger partial charge is 0.383 e. The van der Waals surface area contributed by atoms with E-state index in [1.165, 1.54) is 4.90 Å². The van der Waals surface area contributed by atoms with Crippen LogP contribution in [0.5, 0.6) is 0 Å². The number of benzene rings is 2. The molecule has 0 spiro atoms. The summed E-state index contributed by atoms with van der Waals surface area (Å²) in [5, 5.41) is 16.1. The van der Waals surface area contributed by atoms with E-state index in [-0.39, 0.29) is 12.5 Å². The highest BCUT2D eigenvalue weighted by Crippen LogP contribution is 2.29. The minimum atomic E-state index is -1.69. The second kappa shape index (κ2) is 8.30. The number of rotatable bonds is 4. The van der Waals surface area contributed by atoms with Crippen molar-refractivity contribution < 1.29 is 24.2 Å².